The zero-order chi connectivity index (χ0) is 20.2. The highest BCUT2D eigenvalue weighted by molar-refractivity contribution is 7.17. The topological polar surface area (TPSA) is 96.8 Å². The van der Waals surface area contributed by atoms with E-state index in [9.17, 15) is 4.79 Å². The van der Waals surface area contributed by atoms with E-state index in [0.29, 0.717) is 11.9 Å². The van der Waals surface area contributed by atoms with Gasteiger partial charge in [0.25, 0.3) is 0 Å². The Morgan fingerprint density at radius 1 is 1.34 bits per heavy atom. The van der Waals surface area contributed by atoms with Gasteiger partial charge in [0.2, 0.25) is 11.9 Å². The Hall–Kier alpha value is -2.94. The second kappa shape index (κ2) is 8.60. The van der Waals surface area contributed by atoms with Crippen LogP contribution in [-0.2, 0) is 11.8 Å². The number of carbonyl (C=O) groups excluding carboxylic acids is 1. The van der Waals surface area contributed by atoms with Gasteiger partial charge >= 0.3 is 0 Å². The maximum atomic E-state index is 11.5. The number of hydrogen-bond acceptors (Lipinski definition) is 7. The number of thiophene rings is 1. The van der Waals surface area contributed by atoms with Crippen molar-refractivity contribution in [2.24, 2.45) is 13.0 Å². The Labute approximate surface area is 173 Å². The molecule has 9 heteroatoms. The first-order valence-electron chi connectivity index (χ1n) is 9.78. The van der Waals surface area contributed by atoms with E-state index in [4.69, 9.17) is 4.98 Å². The van der Waals surface area contributed by atoms with Gasteiger partial charge in [-0.3, -0.25) is 9.48 Å². The molecule has 3 heterocycles. The van der Waals surface area contributed by atoms with E-state index in [1.807, 2.05) is 24.7 Å². The third-order valence-electron chi connectivity index (χ3n) is 5.20. The van der Waals surface area contributed by atoms with Crippen LogP contribution in [-0.4, -0.2) is 38.2 Å². The van der Waals surface area contributed by atoms with Crippen molar-refractivity contribution in [2.75, 3.05) is 17.2 Å². The molecule has 1 amide bonds. The maximum absolute atomic E-state index is 11.5. The fraction of sp³-hybridized carbons (Fsp3) is 0.400. The van der Waals surface area contributed by atoms with Crippen molar-refractivity contribution in [3.63, 3.8) is 0 Å². The number of nitrogens with one attached hydrogen (secondary N) is 3. The number of carbonyl (C=O) groups is 1. The van der Waals surface area contributed by atoms with E-state index in [0.717, 1.165) is 53.9 Å². The van der Waals surface area contributed by atoms with Crippen molar-refractivity contribution in [3.8, 4) is 0 Å². The zero-order valence-corrected chi connectivity index (χ0v) is 17.2. The van der Waals surface area contributed by atoms with Gasteiger partial charge in [-0.05, 0) is 49.1 Å². The van der Waals surface area contributed by atoms with Crippen LogP contribution in [0, 0.1) is 5.92 Å². The minimum Gasteiger partial charge on any atom is -0.368 e. The molecule has 4 rings (SSSR count). The van der Waals surface area contributed by atoms with Crippen LogP contribution in [0.15, 0.2) is 36.5 Å². The first-order valence-corrected chi connectivity index (χ1v) is 10.7. The van der Waals surface area contributed by atoms with Gasteiger partial charge in [-0.2, -0.15) is 10.1 Å². The molecule has 8 nitrogen and oxygen atoms in total. The van der Waals surface area contributed by atoms with Crippen LogP contribution in [0.3, 0.4) is 0 Å². The molecule has 1 aliphatic carbocycles. The summed E-state index contributed by atoms with van der Waals surface area (Å²) in [4.78, 5) is 20.8. The molecule has 29 heavy (non-hydrogen) atoms. The SMILES string of the molecule is C=CC(=O)NC1CCC(CNc2nc(Nc3cnn(C)c3)nc3ccsc23)CC1. The van der Waals surface area contributed by atoms with E-state index in [2.05, 4.69) is 32.6 Å². The molecular formula is C20H25N7OS. The molecule has 0 spiro atoms. The molecule has 0 saturated heterocycles. The van der Waals surface area contributed by atoms with E-state index < -0.39 is 0 Å². The van der Waals surface area contributed by atoms with Crippen LogP contribution in [0.5, 0.6) is 0 Å². The van der Waals surface area contributed by atoms with Crippen molar-refractivity contribution in [2.45, 2.75) is 31.7 Å². The largest absolute Gasteiger partial charge is 0.368 e. The summed E-state index contributed by atoms with van der Waals surface area (Å²) in [6.45, 7) is 4.38. The lowest BCUT2D eigenvalue weighted by atomic mass is 9.86. The second-order valence-electron chi connectivity index (χ2n) is 7.37. The Morgan fingerprint density at radius 2 is 2.17 bits per heavy atom. The molecule has 0 radical (unpaired) electrons. The molecule has 3 aromatic rings. The van der Waals surface area contributed by atoms with Gasteiger partial charge in [0, 0.05) is 25.8 Å². The summed E-state index contributed by atoms with van der Waals surface area (Å²) >= 11 is 1.64. The molecule has 1 saturated carbocycles. The third-order valence-corrected chi connectivity index (χ3v) is 6.11. The minimum absolute atomic E-state index is 0.0821. The van der Waals surface area contributed by atoms with Gasteiger partial charge < -0.3 is 16.0 Å². The first-order chi connectivity index (χ1) is 14.1. The van der Waals surface area contributed by atoms with Crippen molar-refractivity contribution in [1.29, 1.82) is 0 Å². The normalized spacial score (nSPS) is 19.1. The molecule has 0 atom stereocenters. The summed E-state index contributed by atoms with van der Waals surface area (Å²) in [7, 11) is 1.87. The predicted molar refractivity (Wildman–Crippen MR) is 116 cm³/mol. The fourth-order valence-electron chi connectivity index (χ4n) is 3.67. The molecule has 0 aliphatic heterocycles. The number of amides is 1. The molecule has 3 aromatic heterocycles. The average molecular weight is 412 g/mol. The fourth-order valence-corrected chi connectivity index (χ4v) is 4.46. The summed E-state index contributed by atoms with van der Waals surface area (Å²) in [6.07, 6.45) is 9.13. The lowest BCUT2D eigenvalue weighted by Crippen LogP contribution is -2.37. The van der Waals surface area contributed by atoms with Crippen molar-refractivity contribution < 1.29 is 4.79 Å². The van der Waals surface area contributed by atoms with E-state index in [1.54, 1.807) is 22.2 Å². The smallest absolute Gasteiger partial charge is 0.243 e. The second-order valence-corrected chi connectivity index (χ2v) is 8.29. The molecule has 0 unspecified atom stereocenters. The first kappa shape index (κ1) is 19.4. The van der Waals surface area contributed by atoms with E-state index >= 15 is 0 Å². The number of fused-ring (bicyclic) bond motifs is 1. The van der Waals surface area contributed by atoms with Crippen molar-refractivity contribution in [3.05, 3.63) is 36.5 Å². The van der Waals surface area contributed by atoms with Crippen LogP contribution in [0.2, 0.25) is 0 Å². The van der Waals surface area contributed by atoms with E-state index in [1.165, 1.54) is 6.08 Å². The van der Waals surface area contributed by atoms with Crippen molar-refractivity contribution >= 4 is 44.9 Å². The monoisotopic (exact) mass is 411 g/mol. The summed E-state index contributed by atoms with van der Waals surface area (Å²) in [5.74, 6) is 1.90. The Bertz CT molecular complexity index is 1000. The van der Waals surface area contributed by atoms with Gasteiger partial charge in [0.05, 0.1) is 22.1 Å². The number of hydrogen-bond donors (Lipinski definition) is 3. The van der Waals surface area contributed by atoms with Crippen LogP contribution >= 0.6 is 11.3 Å². The number of nitrogens with zero attached hydrogens (tertiary/aromatic N) is 4. The summed E-state index contributed by atoms with van der Waals surface area (Å²) in [5, 5.41) is 16.0. The van der Waals surface area contributed by atoms with Gasteiger partial charge in [0.15, 0.2) is 0 Å². The molecule has 152 valence electrons. The zero-order valence-electron chi connectivity index (χ0n) is 16.4. The van der Waals surface area contributed by atoms with Crippen LogP contribution in [0.1, 0.15) is 25.7 Å². The predicted octanol–water partition coefficient (Wildman–Crippen LogP) is 3.44. The Kier molecular flexibility index (Phi) is 5.75. The Balaban J connectivity index is 1.39. The summed E-state index contributed by atoms with van der Waals surface area (Å²) < 4.78 is 2.80. The van der Waals surface area contributed by atoms with Gasteiger partial charge in [-0.25, -0.2) is 4.98 Å². The van der Waals surface area contributed by atoms with Crippen LogP contribution in [0.4, 0.5) is 17.5 Å². The van der Waals surface area contributed by atoms with Gasteiger partial charge in [0.1, 0.15) is 5.82 Å². The molecular weight excluding hydrogens is 386 g/mol. The van der Waals surface area contributed by atoms with Crippen LogP contribution in [0.25, 0.3) is 10.2 Å². The molecule has 3 N–H and O–H groups in total. The average Bonchev–Trinajstić information content (AvgIpc) is 3.36. The molecule has 0 aromatic carbocycles. The highest BCUT2D eigenvalue weighted by Gasteiger charge is 2.22. The number of rotatable bonds is 7. The number of anilines is 3. The minimum atomic E-state index is -0.0821. The highest BCUT2D eigenvalue weighted by Crippen LogP contribution is 2.30. The lowest BCUT2D eigenvalue weighted by Gasteiger charge is -2.29. The Morgan fingerprint density at radius 3 is 2.90 bits per heavy atom. The van der Waals surface area contributed by atoms with Gasteiger partial charge in [-0.1, -0.05) is 6.58 Å². The molecule has 0 bridgehead atoms. The lowest BCUT2D eigenvalue weighted by molar-refractivity contribution is -0.117. The number of aromatic nitrogens is 4. The quantitative estimate of drug-likeness (QED) is 0.515. The highest BCUT2D eigenvalue weighted by atomic mass is 32.1. The maximum Gasteiger partial charge on any atom is 0.243 e. The van der Waals surface area contributed by atoms with Gasteiger partial charge in [-0.15, -0.1) is 11.3 Å². The molecule has 1 aliphatic rings. The summed E-state index contributed by atoms with van der Waals surface area (Å²) in [6, 6.07) is 2.27. The van der Waals surface area contributed by atoms with Crippen LogP contribution < -0.4 is 16.0 Å². The van der Waals surface area contributed by atoms with Crippen molar-refractivity contribution in [1.82, 2.24) is 25.1 Å². The standard InChI is InChI=1S/C20H25N7OS/c1-3-17(28)23-14-6-4-13(5-7-14)10-21-19-18-16(8-9-29-18)25-20(26-19)24-15-11-22-27(2)12-15/h3,8-9,11-14H,1,4-7,10H2,2H3,(H,23,28)(H2,21,24,25,26). The number of aryl methyl sites for hydroxylation is 1. The molecule has 1 fully saturated rings. The van der Waals surface area contributed by atoms with E-state index in [-0.39, 0.29) is 11.9 Å². The summed E-state index contributed by atoms with van der Waals surface area (Å²) in [5.41, 5.74) is 1.78. The third kappa shape index (κ3) is 4.73.